The van der Waals surface area contributed by atoms with Crippen LogP contribution in [0.15, 0.2) is 34.0 Å². The first-order chi connectivity index (χ1) is 20.3. The van der Waals surface area contributed by atoms with Crippen molar-refractivity contribution in [3.8, 4) is 0 Å². The maximum absolute atomic E-state index is 15.6. The minimum atomic E-state index is -0.823. The number of rotatable bonds is 13. The molecule has 232 valence electrons. The summed E-state index contributed by atoms with van der Waals surface area (Å²) in [5, 5.41) is 10.7. The van der Waals surface area contributed by atoms with Crippen molar-refractivity contribution < 1.29 is 18.7 Å². The second-order valence-corrected chi connectivity index (χ2v) is 11.9. The average Bonchev–Trinajstić information content (AvgIpc) is 2.99. The van der Waals surface area contributed by atoms with Crippen LogP contribution in [0.1, 0.15) is 94.8 Å². The molecule has 8 nitrogen and oxygen atoms in total. The largest absolute Gasteiger partial charge is 0.387 e. The number of fused-ring (bicyclic) bond motifs is 1. The van der Waals surface area contributed by atoms with E-state index in [9.17, 15) is 9.90 Å². The molecule has 2 aliphatic heterocycles. The van der Waals surface area contributed by atoms with Gasteiger partial charge in [0, 0.05) is 44.8 Å². The lowest BCUT2D eigenvalue weighted by atomic mass is 9.83. The van der Waals surface area contributed by atoms with E-state index in [0.29, 0.717) is 62.5 Å². The number of hydrogen-bond acceptors (Lipinski definition) is 7. The van der Waals surface area contributed by atoms with Gasteiger partial charge in [-0.1, -0.05) is 26.3 Å². The number of aldehydes is 1. The number of nitrogens with zero attached hydrogens (tertiary/aromatic N) is 5. The van der Waals surface area contributed by atoms with Gasteiger partial charge in [-0.2, -0.15) is 0 Å². The Morgan fingerprint density at radius 3 is 2.64 bits per heavy atom. The molecular formula is C32H48F2N6O2. The predicted octanol–water partition coefficient (Wildman–Crippen LogP) is 5.41. The van der Waals surface area contributed by atoms with Crippen LogP contribution in [0.25, 0.3) is 0 Å². The number of aliphatic hydroxyl groups excluding tert-OH is 1. The smallest absolute Gasteiger partial charge is 0.149 e. The van der Waals surface area contributed by atoms with Crippen LogP contribution >= 0.6 is 0 Å². The van der Waals surface area contributed by atoms with Crippen LogP contribution in [0.3, 0.4) is 0 Å². The molecular weight excluding hydrogens is 538 g/mol. The molecule has 1 saturated heterocycles. The van der Waals surface area contributed by atoms with Gasteiger partial charge in [-0.05, 0) is 69.3 Å². The monoisotopic (exact) mass is 586 g/mol. The summed E-state index contributed by atoms with van der Waals surface area (Å²) in [5.41, 5.74) is 7.98. The van der Waals surface area contributed by atoms with Crippen LogP contribution in [0, 0.1) is 11.7 Å². The molecule has 3 N–H and O–H groups in total. The van der Waals surface area contributed by atoms with Gasteiger partial charge in [-0.15, -0.1) is 0 Å². The Labute approximate surface area is 249 Å². The Hall–Kier alpha value is -2.69. The third-order valence-corrected chi connectivity index (χ3v) is 9.08. The van der Waals surface area contributed by atoms with Crippen molar-refractivity contribution in [2.45, 2.75) is 96.0 Å². The van der Waals surface area contributed by atoms with Crippen molar-refractivity contribution in [1.82, 2.24) is 14.7 Å². The van der Waals surface area contributed by atoms with Crippen LogP contribution in [-0.4, -0.2) is 83.8 Å². The number of aliphatic hydroxyl groups is 1. The molecule has 1 aliphatic carbocycles. The molecule has 4 atom stereocenters. The summed E-state index contributed by atoms with van der Waals surface area (Å²) >= 11 is 0. The second kappa shape index (κ2) is 15.2. The zero-order valence-electron chi connectivity index (χ0n) is 25.4. The molecule has 0 amide bonds. The van der Waals surface area contributed by atoms with E-state index in [0.717, 1.165) is 50.4 Å². The number of aliphatic imine (C=N–C) groups is 2. The standard InChI is InChI=1S/C32H48F2N6O2/c1-4-6-9-28(35)37-31(42)22-14-17-40(18-15-22)32-29-25(33)12-11-24(30(29)36-21-38(32)3)23-10-13-27(26(34)20-23)39(5-2)16-7-8-19-41/h11-12,19-23,27,31-32,42H,4-10,13-18H2,1-3H3,(H2,35,37). The average molecular weight is 587 g/mol. The first-order valence-electron chi connectivity index (χ1n) is 15.7. The first kappa shape index (κ1) is 32.2. The molecule has 10 heteroatoms. The fraction of sp³-hybridized carbons (Fsp3) is 0.656. The number of carbonyl (C=O) groups excluding carboxylic acids is 1. The number of allylic oxidation sites excluding steroid dienone is 1. The Morgan fingerprint density at radius 1 is 1.21 bits per heavy atom. The number of hydrogen-bond donors (Lipinski definition) is 2. The highest BCUT2D eigenvalue weighted by atomic mass is 19.1. The number of amidine groups is 1. The van der Waals surface area contributed by atoms with Gasteiger partial charge in [0.25, 0.3) is 0 Å². The number of carbonyl (C=O) groups is 1. The number of benzene rings is 1. The van der Waals surface area contributed by atoms with Crippen molar-refractivity contribution in [2.24, 2.45) is 21.6 Å². The molecule has 1 aromatic rings. The van der Waals surface area contributed by atoms with E-state index in [1.54, 1.807) is 18.5 Å². The van der Waals surface area contributed by atoms with Crippen LogP contribution in [-0.2, 0) is 4.79 Å². The summed E-state index contributed by atoms with van der Waals surface area (Å²) in [6.07, 6.45) is 9.88. The van der Waals surface area contributed by atoms with E-state index < -0.39 is 6.23 Å². The fourth-order valence-corrected chi connectivity index (χ4v) is 6.68. The summed E-state index contributed by atoms with van der Waals surface area (Å²) in [6.45, 7) is 6.86. The van der Waals surface area contributed by atoms with Crippen molar-refractivity contribution in [2.75, 3.05) is 33.2 Å². The van der Waals surface area contributed by atoms with E-state index >= 15 is 8.78 Å². The van der Waals surface area contributed by atoms with Gasteiger partial charge < -0.3 is 20.5 Å². The Morgan fingerprint density at radius 2 is 1.98 bits per heavy atom. The predicted molar refractivity (Wildman–Crippen MR) is 164 cm³/mol. The lowest BCUT2D eigenvalue weighted by Gasteiger charge is -2.43. The molecule has 0 saturated carbocycles. The zero-order valence-corrected chi connectivity index (χ0v) is 25.4. The van der Waals surface area contributed by atoms with Crippen molar-refractivity contribution in [3.63, 3.8) is 0 Å². The highest BCUT2D eigenvalue weighted by molar-refractivity contribution is 5.80. The van der Waals surface area contributed by atoms with Gasteiger partial charge in [0.05, 0.1) is 29.5 Å². The zero-order chi connectivity index (χ0) is 30.2. The quantitative estimate of drug-likeness (QED) is 0.139. The van der Waals surface area contributed by atoms with E-state index in [2.05, 4.69) is 26.7 Å². The number of halogens is 2. The number of likely N-dealkylation sites (N-methyl/N-ethyl adjacent to an activating group) is 1. The molecule has 0 spiro atoms. The normalized spacial score (nSPS) is 24.5. The van der Waals surface area contributed by atoms with Crippen molar-refractivity contribution in [3.05, 3.63) is 41.0 Å². The molecule has 0 aromatic heterocycles. The maximum Gasteiger partial charge on any atom is 0.149 e. The van der Waals surface area contributed by atoms with E-state index in [1.165, 1.54) is 6.07 Å². The molecule has 4 unspecified atom stereocenters. The topological polar surface area (TPSA) is 97.8 Å². The fourth-order valence-electron chi connectivity index (χ4n) is 6.68. The second-order valence-electron chi connectivity index (χ2n) is 11.9. The Balaban J connectivity index is 1.50. The number of nitrogens with two attached hydrogens (primary N) is 1. The van der Waals surface area contributed by atoms with Crippen LogP contribution in [0.5, 0.6) is 0 Å². The third-order valence-electron chi connectivity index (χ3n) is 9.08. The summed E-state index contributed by atoms with van der Waals surface area (Å²) in [4.78, 5) is 26.0. The number of unbranched alkanes of at least 4 members (excludes halogenated alkanes) is 2. The molecule has 42 heavy (non-hydrogen) atoms. The minimum Gasteiger partial charge on any atom is -0.387 e. The molecule has 1 fully saturated rings. The van der Waals surface area contributed by atoms with Gasteiger partial charge in [0.1, 0.15) is 30.3 Å². The highest BCUT2D eigenvalue weighted by Crippen LogP contribution is 2.45. The summed E-state index contributed by atoms with van der Waals surface area (Å²) < 4.78 is 31.1. The van der Waals surface area contributed by atoms with Gasteiger partial charge in [-0.25, -0.2) is 18.8 Å². The summed E-state index contributed by atoms with van der Waals surface area (Å²) in [6, 6.07) is 2.96. The molecule has 2 heterocycles. The van der Waals surface area contributed by atoms with E-state index in [4.69, 9.17) is 5.73 Å². The summed E-state index contributed by atoms with van der Waals surface area (Å²) in [5.74, 6) is -0.169. The molecule has 0 bridgehead atoms. The van der Waals surface area contributed by atoms with Crippen molar-refractivity contribution in [1.29, 1.82) is 0 Å². The van der Waals surface area contributed by atoms with Crippen LogP contribution in [0.2, 0.25) is 0 Å². The Kier molecular flexibility index (Phi) is 11.6. The van der Waals surface area contributed by atoms with Crippen LogP contribution in [0.4, 0.5) is 14.5 Å². The molecule has 0 radical (unpaired) electrons. The van der Waals surface area contributed by atoms with Crippen molar-refractivity contribution >= 4 is 24.1 Å². The number of likely N-dealkylation sites (tertiary alicyclic amines) is 1. The minimum absolute atomic E-state index is 0.00376. The molecule has 3 aliphatic rings. The van der Waals surface area contributed by atoms with Gasteiger partial charge in [0.15, 0.2) is 0 Å². The SMILES string of the molecule is CCCC/C(N)=N/C(O)C1CCN(C2c3c(F)ccc(C4C=C(F)C(N(CC)CCCC=O)CC4)c3N=CN2C)CC1. The lowest BCUT2D eigenvalue weighted by Crippen LogP contribution is -2.46. The Bertz CT molecular complexity index is 1150. The lowest BCUT2D eigenvalue weighted by molar-refractivity contribution is -0.108. The number of piperidine rings is 1. The molecule has 4 rings (SSSR count). The molecule has 1 aromatic carbocycles. The van der Waals surface area contributed by atoms with Gasteiger partial charge >= 0.3 is 0 Å². The summed E-state index contributed by atoms with van der Waals surface area (Å²) in [7, 11) is 1.90. The van der Waals surface area contributed by atoms with Gasteiger partial charge in [0.2, 0.25) is 0 Å². The van der Waals surface area contributed by atoms with E-state index in [-0.39, 0.29) is 35.7 Å². The highest BCUT2D eigenvalue weighted by Gasteiger charge is 2.37. The maximum atomic E-state index is 15.6. The third kappa shape index (κ3) is 7.44. The van der Waals surface area contributed by atoms with Crippen LogP contribution < -0.4 is 5.73 Å². The first-order valence-corrected chi connectivity index (χ1v) is 15.7. The van der Waals surface area contributed by atoms with Gasteiger partial charge in [-0.3, -0.25) is 9.80 Å². The van der Waals surface area contributed by atoms with E-state index in [1.807, 2.05) is 18.9 Å².